The van der Waals surface area contributed by atoms with Crippen LogP contribution in [0.3, 0.4) is 0 Å². The second-order valence-corrected chi connectivity index (χ2v) is 19.4. The molecule has 2 rings (SSSR count). The summed E-state index contributed by atoms with van der Waals surface area (Å²) in [6, 6.07) is 7.74. The molecule has 426 valence electrons. The first-order valence-electron chi connectivity index (χ1n) is 26.3. The fourth-order valence-electron chi connectivity index (χ4n) is 7.99. The molecule has 1 saturated heterocycles. The van der Waals surface area contributed by atoms with Crippen molar-refractivity contribution in [2.24, 2.45) is 11.1 Å². The van der Waals surface area contributed by atoms with Crippen LogP contribution in [0.25, 0.3) is 0 Å². The number of carbonyl (C=O) groups is 7. The molecular formula is C52H94N8O14. The number of nitrogens with zero attached hydrogens (tertiary/aromatic N) is 5. The predicted molar refractivity (Wildman–Crippen MR) is 283 cm³/mol. The molecule has 8 N–H and O–H groups in total. The molecule has 0 radical (unpaired) electrons. The standard InChI is InChI=1S/C42H72N6O9.C9H20N2O3.CH2O2/c1-3-5-10-15-38(49)44-22-13-9-11-16-39(50)43-21-12-7-6-8-14-29-57-37-19-17-35(18-20-37)30-36-31-45(4-2)23-24-46(32-40(51)52)25-26-47(33-41(53)54)27-28-48(36)34-42(55)56;1-9(2,6-13-4)7-14-11(3)5-8(10)12;2-1-3/h17-20,36H,3-16,21-34H2,1-2H3,(H,43,50)(H,44,49)(H,51,52)(H,53,54)(H,55,56);5-7H2,1-4H3,(H2,10,12);1H,(H,2,3). The highest BCUT2D eigenvalue weighted by molar-refractivity contribution is 5.76. The number of carboxylic acid groups (broad SMARTS) is 4. The normalized spacial score (nSPS) is 15.3. The third-order valence-electron chi connectivity index (χ3n) is 12.0. The maximum atomic E-state index is 12.1. The molecule has 1 heterocycles. The van der Waals surface area contributed by atoms with Gasteiger partial charge in [-0.25, -0.2) is 0 Å². The number of carboxylic acids is 3. The molecule has 1 aromatic rings. The molecule has 1 atom stereocenters. The molecule has 22 nitrogen and oxygen atoms in total. The Morgan fingerprint density at radius 2 is 1.20 bits per heavy atom. The highest BCUT2D eigenvalue weighted by Crippen LogP contribution is 2.18. The van der Waals surface area contributed by atoms with Gasteiger partial charge in [-0.1, -0.05) is 78.4 Å². The number of ether oxygens (including phenoxy) is 2. The van der Waals surface area contributed by atoms with Gasteiger partial charge in [0.2, 0.25) is 17.7 Å². The number of likely N-dealkylation sites (N-methyl/N-ethyl adjacent to an activating group) is 2. The van der Waals surface area contributed by atoms with Crippen LogP contribution in [0.5, 0.6) is 5.75 Å². The largest absolute Gasteiger partial charge is 0.494 e. The van der Waals surface area contributed by atoms with Crippen LogP contribution >= 0.6 is 0 Å². The summed E-state index contributed by atoms with van der Waals surface area (Å²) in [5, 5.41) is 43.1. The summed E-state index contributed by atoms with van der Waals surface area (Å²) >= 11 is 0. The Kier molecular flexibility index (Phi) is 40.4. The zero-order valence-corrected chi connectivity index (χ0v) is 45.6. The zero-order valence-electron chi connectivity index (χ0n) is 45.6. The summed E-state index contributed by atoms with van der Waals surface area (Å²) in [7, 11) is 3.32. The first-order chi connectivity index (χ1) is 35.3. The highest BCUT2D eigenvalue weighted by Gasteiger charge is 2.27. The Labute approximate surface area is 440 Å². The van der Waals surface area contributed by atoms with Crippen LogP contribution in [0.15, 0.2) is 24.3 Å². The number of nitrogens with one attached hydrogen (secondary N) is 2. The van der Waals surface area contributed by atoms with Crippen molar-refractivity contribution in [2.45, 2.75) is 124 Å². The number of hydroxylamine groups is 2. The molecule has 74 heavy (non-hydrogen) atoms. The quantitative estimate of drug-likeness (QED) is 0.0291. The lowest BCUT2D eigenvalue weighted by Gasteiger charge is -2.37. The van der Waals surface area contributed by atoms with Gasteiger partial charge in [0, 0.05) is 97.4 Å². The average Bonchev–Trinajstić information content (AvgIpc) is 3.32. The molecule has 22 heteroatoms. The van der Waals surface area contributed by atoms with Crippen LogP contribution < -0.4 is 21.1 Å². The molecule has 1 unspecified atom stereocenters. The van der Waals surface area contributed by atoms with Gasteiger partial charge >= 0.3 is 17.9 Å². The minimum Gasteiger partial charge on any atom is -0.494 e. The molecule has 0 spiro atoms. The number of primary amides is 1. The van der Waals surface area contributed by atoms with E-state index in [4.69, 9.17) is 29.9 Å². The van der Waals surface area contributed by atoms with E-state index in [9.17, 15) is 44.1 Å². The zero-order chi connectivity index (χ0) is 55.6. The first kappa shape index (κ1) is 69.0. The summed E-state index contributed by atoms with van der Waals surface area (Å²) < 4.78 is 11.0. The van der Waals surface area contributed by atoms with Crippen LogP contribution in [-0.2, 0) is 49.6 Å². The van der Waals surface area contributed by atoms with E-state index in [0.717, 1.165) is 88.5 Å². The number of hydrogen-bond donors (Lipinski definition) is 7. The Morgan fingerprint density at radius 1 is 0.716 bits per heavy atom. The fourth-order valence-corrected chi connectivity index (χ4v) is 7.99. The first-order valence-corrected chi connectivity index (χ1v) is 26.3. The topological polar surface area (TPSA) is 294 Å². The number of benzene rings is 1. The third-order valence-corrected chi connectivity index (χ3v) is 12.0. The number of amides is 3. The minimum absolute atomic E-state index is 0.0688. The van der Waals surface area contributed by atoms with Gasteiger partial charge in [-0.05, 0) is 62.8 Å². The lowest BCUT2D eigenvalue weighted by molar-refractivity contribution is -0.173. The van der Waals surface area contributed by atoms with E-state index < -0.39 is 23.8 Å². The number of nitrogens with two attached hydrogens (primary N) is 1. The SMILES string of the molecule is CCCCCC(=O)NCCCCCC(=O)NCCCCCCCOc1ccc(CC2CN(CC)CCN(CC(=O)O)CCN(CC(=O)O)CCN2CC(=O)O)cc1.COCC(C)(C)CON(C)CC(N)=O.O=CO. The maximum absolute atomic E-state index is 12.1. The number of methoxy groups -OCH3 is 1. The van der Waals surface area contributed by atoms with E-state index in [2.05, 4.69) is 22.5 Å². The average molecular weight is 1060 g/mol. The molecule has 0 aliphatic carbocycles. The summed E-state index contributed by atoms with van der Waals surface area (Å²) in [5.74, 6) is -2.28. The van der Waals surface area contributed by atoms with Gasteiger partial charge in [-0.2, -0.15) is 5.06 Å². The number of carbonyl (C=O) groups excluding carboxylic acids is 3. The summed E-state index contributed by atoms with van der Waals surface area (Å²) in [6.07, 6.45) is 12.5. The molecule has 0 bridgehead atoms. The van der Waals surface area contributed by atoms with Gasteiger partial charge in [-0.3, -0.25) is 53.1 Å². The van der Waals surface area contributed by atoms with E-state index in [1.807, 2.05) is 54.8 Å². The molecule has 1 aliphatic heterocycles. The third kappa shape index (κ3) is 39.5. The summed E-state index contributed by atoms with van der Waals surface area (Å²) in [6.45, 7) is 14.5. The molecule has 0 saturated carbocycles. The van der Waals surface area contributed by atoms with Gasteiger partial charge in [0.25, 0.3) is 6.47 Å². The second kappa shape index (κ2) is 43.3. The van der Waals surface area contributed by atoms with Gasteiger partial charge in [0.05, 0.1) is 39.5 Å². The van der Waals surface area contributed by atoms with Crippen LogP contribution in [-0.4, -0.2) is 219 Å². The smallest absolute Gasteiger partial charge is 0.317 e. The van der Waals surface area contributed by atoms with Gasteiger partial charge in [0.1, 0.15) is 12.3 Å². The number of hydrogen-bond acceptors (Lipinski definition) is 15. The van der Waals surface area contributed by atoms with Gasteiger partial charge < -0.3 is 51.2 Å². The molecule has 1 fully saturated rings. The van der Waals surface area contributed by atoms with Crippen molar-refractivity contribution in [1.29, 1.82) is 0 Å². The van der Waals surface area contributed by atoms with E-state index in [1.54, 1.807) is 19.1 Å². The van der Waals surface area contributed by atoms with E-state index in [0.29, 0.717) is 98.0 Å². The number of rotatable bonds is 35. The maximum Gasteiger partial charge on any atom is 0.317 e. The highest BCUT2D eigenvalue weighted by atomic mass is 16.7. The van der Waals surface area contributed by atoms with Crippen LogP contribution in [0.2, 0.25) is 0 Å². The number of unbranched alkanes of at least 4 members (excludes halogenated alkanes) is 8. The summed E-state index contributed by atoms with van der Waals surface area (Å²) in [5.41, 5.74) is 5.97. The van der Waals surface area contributed by atoms with Crippen molar-refractivity contribution >= 4 is 42.1 Å². The van der Waals surface area contributed by atoms with E-state index in [-0.39, 0.29) is 55.9 Å². The Morgan fingerprint density at radius 3 is 1.70 bits per heavy atom. The van der Waals surface area contributed by atoms with Crippen molar-refractivity contribution in [1.82, 2.24) is 35.3 Å². The second-order valence-electron chi connectivity index (χ2n) is 19.4. The lowest BCUT2D eigenvalue weighted by Crippen LogP contribution is -2.52. The van der Waals surface area contributed by atoms with E-state index >= 15 is 0 Å². The number of aliphatic carboxylic acids is 3. The fraction of sp³-hybridized carbons (Fsp3) is 0.750. The predicted octanol–water partition coefficient (Wildman–Crippen LogP) is 3.50. The lowest BCUT2D eigenvalue weighted by atomic mass is 9.97. The monoisotopic (exact) mass is 1050 g/mol. The molecular weight excluding hydrogens is 961 g/mol. The molecule has 1 aromatic carbocycles. The van der Waals surface area contributed by atoms with E-state index in [1.165, 1.54) is 5.06 Å². The Balaban J connectivity index is 0.00000267. The Bertz CT molecular complexity index is 1690. The molecule has 1 aliphatic rings. The Hall–Kier alpha value is -4.97. The summed E-state index contributed by atoms with van der Waals surface area (Å²) in [4.78, 5) is 91.0. The van der Waals surface area contributed by atoms with Crippen LogP contribution in [0.1, 0.15) is 117 Å². The van der Waals surface area contributed by atoms with Crippen molar-refractivity contribution in [3.05, 3.63) is 29.8 Å². The molecule has 3 amide bonds. The minimum atomic E-state index is -0.985. The van der Waals surface area contributed by atoms with Crippen LogP contribution in [0, 0.1) is 5.41 Å². The van der Waals surface area contributed by atoms with Crippen LogP contribution in [0.4, 0.5) is 0 Å². The molecule has 0 aromatic heterocycles. The van der Waals surface area contributed by atoms with Gasteiger partial charge in [0.15, 0.2) is 0 Å². The van der Waals surface area contributed by atoms with Crippen molar-refractivity contribution in [3.8, 4) is 5.75 Å². The van der Waals surface area contributed by atoms with Crippen molar-refractivity contribution < 1.29 is 68.3 Å². The van der Waals surface area contributed by atoms with Crippen molar-refractivity contribution in [2.75, 3.05) is 126 Å². The van der Waals surface area contributed by atoms with Crippen molar-refractivity contribution in [3.63, 3.8) is 0 Å². The van der Waals surface area contributed by atoms with Gasteiger partial charge in [-0.15, -0.1) is 0 Å².